The van der Waals surface area contributed by atoms with Crippen molar-refractivity contribution in [3.05, 3.63) is 63.1 Å². The van der Waals surface area contributed by atoms with Crippen LogP contribution in [0, 0.1) is 10.1 Å². The molecule has 0 aliphatic rings. The molecule has 0 radical (unpaired) electrons. The summed E-state index contributed by atoms with van der Waals surface area (Å²) in [5.41, 5.74) is 0.611. The fourth-order valence-corrected chi connectivity index (χ4v) is 1.92. The third-order valence-electron chi connectivity index (χ3n) is 2.81. The Balaban J connectivity index is 2.09. The van der Waals surface area contributed by atoms with E-state index in [0.29, 0.717) is 17.1 Å². The van der Waals surface area contributed by atoms with Crippen molar-refractivity contribution in [3.8, 4) is 0 Å². The highest BCUT2D eigenvalue weighted by atomic mass is 35.5. The lowest BCUT2D eigenvalue weighted by atomic mass is 10.1. The standard InChI is InChI=1S/C13H13ClN2O3/c1-9(13-3-2-6-19-13)15-8-10-4-5-11(14)7-12(10)16(17)18/h2-7,9,15H,8H2,1H3/t9-/m0/s1. The van der Waals surface area contributed by atoms with Gasteiger partial charge in [-0.2, -0.15) is 0 Å². The van der Waals surface area contributed by atoms with Gasteiger partial charge in [0.2, 0.25) is 0 Å². The summed E-state index contributed by atoms with van der Waals surface area (Å²) in [7, 11) is 0. The number of hydrogen-bond acceptors (Lipinski definition) is 4. The van der Waals surface area contributed by atoms with Crippen LogP contribution in [0.3, 0.4) is 0 Å². The van der Waals surface area contributed by atoms with E-state index in [9.17, 15) is 10.1 Å². The monoisotopic (exact) mass is 280 g/mol. The molecule has 0 saturated carbocycles. The Kier molecular flexibility index (Phi) is 4.19. The topological polar surface area (TPSA) is 68.3 Å². The molecule has 100 valence electrons. The van der Waals surface area contributed by atoms with E-state index in [1.54, 1.807) is 24.5 Å². The number of furan rings is 1. The molecule has 19 heavy (non-hydrogen) atoms. The second kappa shape index (κ2) is 5.86. The van der Waals surface area contributed by atoms with Crippen LogP contribution in [-0.4, -0.2) is 4.92 Å². The quantitative estimate of drug-likeness (QED) is 0.670. The minimum Gasteiger partial charge on any atom is -0.468 e. The molecular weight excluding hydrogens is 268 g/mol. The molecule has 0 unspecified atom stereocenters. The van der Waals surface area contributed by atoms with E-state index in [4.69, 9.17) is 16.0 Å². The fourth-order valence-electron chi connectivity index (χ4n) is 1.76. The number of rotatable bonds is 5. The molecule has 1 aromatic heterocycles. The Morgan fingerprint density at radius 2 is 2.26 bits per heavy atom. The van der Waals surface area contributed by atoms with Crippen LogP contribution in [-0.2, 0) is 6.54 Å². The molecule has 0 aliphatic carbocycles. The predicted octanol–water partition coefficient (Wildman–Crippen LogP) is 3.69. The van der Waals surface area contributed by atoms with Gasteiger partial charge in [-0.05, 0) is 31.2 Å². The van der Waals surface area contributed by atoms with E-state index < -0.39 is 4.92 Å². The number of benzene rings is 1. The molecule has 1 atom stereocenters. The van der Waals surface area contributed by atoms with Gasteiger partial charge in [-0.15, -0.1) is 0 Å². The zero-order valence-corrected chi connectivity index (χ0v) is 11.1. The largest absolute Gasteiger partial charge is 0.468 e. The minimum atomic E-state index is -0.430. The highest BCUT2D eigenvalue weighted by Gasteiger charge is 2.15. The van der Waals surface area contributed by atoms with Gasteiger partial charge in [0.05, 0.1) is 17.2 Å². The smallest absolute Gasteiger partial charge is 0.275 e. The van der Waals surface area contributed by atoms with Crippen LogP contribution in [0.25, 0.3) is 0 Å². The lowest BCUT2D eigenvalue weighted by molar-refractivity contribution is -0.385. The number of nitrogens with one attached hydrogen (secondary N) is 1. The maximum absolute atomic E-state index is 10.9. The second-order valence-corrected chi connectivity index (χ2v) is 4.58. The molecule has 5 nitrogen and oxygen atoms in total. The van der Waals surface area contributed by atoms with Gasteiger partial charge in [0, 0.05) is 23.2 Å². The Morgan fingerprint density at radius 1 is 1.47 bits per heavy atom. The van der Waals surface area contributed by atoms with Crippen LogP contribution in [0.4, 0.5) is 5.69 Å². The normalized spacial score (nSPS) is 12.3. The van der Waals surface area contributed by atoms with Gasteiger partial charge in [-0.1, -0.05) is 11.6 Å². The Labute approximate surface area is 115 Å². The van der Waals surface area contributed by atoms with Gasteiger partial charge in [-0.3, -0.25) is 10.1 Å². The highest BCUT2D eigenvalue weighted by Crippen LogP contribution is 2.24. The molecule has 1 heterocycles. The second-order valence-electron chi connectivity index (χ2n) is 4.15. The fraction of sp³-hybridized carbons (Fsp3) is 0.231. The maximum atomic E-state index is 10.9. The molecule has 1 aromatic carbocycles. The van der Waals surface area contributed by atoms with Gasteiger partial charge in [-0.25, -0.2) is 0 Å². The summed E-state index contributed by atoms with van der Waals surface area (Å²) in [4.78, 5) is 10.5. The van der Waals surface area contributed by atoms with E-state index >= 15 is 0 Å². The predicted molar refractivity (Wildman–Crippen MR) is 72.1 cm³/mol. The average Bonchev–Trinajstić information content (AvgIpc) is 2.90. The van der Waals surface area contributed by atoms with E-state index in [1.165, 1.54) is 6.07 Å². The van der Waals surface area contributed by atoms with E-state index in [2.05, 4.69) is 5.32 Å². The van der Waals surface area contributed by atoms with Gasteiger partial charge >= 0.3 is 0 Å². The van der Waals surface area contributed by atoms with Gasteiger partial charge in [0.25, 0.3) is 5.69 Å². The summed E-state index contributed by atoms with van der Waals surface area (Å²) in [6, 6.07) is 8.29. The number of nitrogens with zero attached hydrogens (tertiary/aromatic N) is 1. The van der Waals surface area contributed by atoms with E-state index in [0.717, 1.165) is 5.76 Å². The van der Waals surface area contributed by atoms with Crippen LogP contribution < -0.4 is 5.32 Å². The highest BCUT2D eigenvalue weighted by molar-refractivity contribution is 6.30. The number of hydrogen-bond donors (Lipinski definition) is 1. The van der Waals surface area contributed by atoms with Crippen molar-refractivity contribution in [2.75, 3.05) is 0 Å². The number of halogens is 1. The molecule has 0 saturated heterocycles. The zero-order valence-electron chi connectivity index (χ0n) is 10.3. The molecule has 2 rings (SSSR count). The van der Waals surface area contributed by atoms with Crippen LogP contribution in [0.15, 0.2) is 41.0 Å². The van der Waals surface area contributed by atoms with Crippen molar-refractivity contribution in [1.29, 1.82) is 0 Å². The molecular formula is C13H13ClN2O3. The molecule has 6 heteroatoms. The average molecular weight is 281 g/mol. The lowest BCUT2D eigenvalue weighted by Crippen LogP contribution is -2.18. The molecule has 0 amide bonds. The SMILES string of the molecule is C[C@H](NCc1ccc(Cl)cc1[N+](=O)[O-])c1ccco1. The lowest BCUT2D eigenvalue weighted by Gasteiger charge is -2.11. The van der Waals surface area contributed by atoms with Crippen molar-refractivity contribution in [2.45, 2.75) is 19.5 Å². The molecule has 2 aromatic rings. The van der Waals surface area contributed by atoms with Crippen molar-refractivity contribution >= 4 is 17.3 Å². The van der Waals surface area contributed by atoms with Crippen molar-refractivity contribution < 1.29 is 9.34 Å². The summed E-state index contributed by atoms with van der Waals surface area (Å²) in [6.45, 7) is 2.30. The molecule has 1 N–H and O–H groups in total. The maximum Gasteiger partial charge on any atom is 0.275 e. The molecule has 0 spiro atoms. The van der Waals surface area contributed by atoms with Gasteiger partial charge in [0.1, 0.15) is 5.76 Å². The number of nitro benzene ring substituents is 1. The van der Waals surface area contributed by atoms with Gasteiger partial charge < -0.3 is 9.73 Å². The third-order valence-corrected chi connectivity index (χ3v) is 3.05. The first kappa shape index (κ1) is 13.6. The molecule has 0 bridgehead atoms. The number of nitro groups is 1. The Hall–Kier alpha value is -1.85. The van der Waals surface area contributed by atoms with Crippen molar-refractivity contribution in [2.24, 2.45) is 0 Å². The molecule has 0 fully saturated rings. The minimum absolute atomic E-state index is 0.0200. The van der Waals surface area contributed by atoms with Crippen LogP contribution >= 0.6 is 11.6 Å². The van der Waals surface area contributed by atoms with Crippen molar-refractivity contribution in [1.82, 2.24) is 5.32 Å². The Bertz CT molecular complexity index is 569. The first-order valence-corrected chi connectivity index (χ1v) is 6.15. The van der Waals surface area contributed by atoms with E-state index in [1.807, 2.05) is 13.0 Å². The zero-order chi connectivity index (χ0) is 13.8. The van der Waals surface area contributed by atoms with Gasteiger partial charge in [0.15, 0.2) is 0 Å². The summed E-state index contributed by atoms with van der Waals surface area (Å²) >= 11 is 5.76. The van der Waals surface area contributed by atoms with Crippen LogP contribution in [0.5, 0.6) is 0 Å². The van der Waals surface area contributed by atoms with E-state index in [-0.39, 0.29) is 11.7 Å². The van der Waals surface area contributed by atoms with Crippen LogP contribution in [0.2, 0.25) is 5.02 Å². The van der Waals surface area contributed by atoms with Crippen molar-refractivity contribution in [3.63, 3.8) is 0 Å². The first-order valence-electron chi connectivity index (χ1n) is 5.77. The van der Waals surface area contributed by atoms with Crippen LogP contribution in [0.1, 0.15) is 24.3 Å². The Morgan fingerprint density at radius 3 is 2.89 bits per heavy atom. The summed E-state index contributed by atoms with van der Waals surface area (Å²) < 4.78 is 5.26. The molecule has 0 aliphatic heterocycles. The third kappa shape index (κ3) is 3.33. The first-order chi connectivity index (χ1) is 9.08. The summed E-state index contributed by atoms with van der Waals surface area (Å²) in [6.07, 6.45) is 1.60. The summed E-state index contributed by atoms with van der Waals surface area (Å²) in [5, 5.41) is 14.5. The summed E-state index contributed by atoms with van der Waals surface area (Å²) in [5.74, 6) is 0.789.